The Hall–Kier alpha value is -2.64. The van der Waals surface area contributed by atoms with Crippen molar-refractivity contribution in [3.05, 3.63) is 68.9 Å². The van der Waals surface area contributed by atoms with E-state index >= 15 is 0 Å². The van der Waals surface area contributed by atoms with Crippen LogP contribution in [0.2, 0.25) is 5.02 Å². The minimum Gasteiger partial charge on any atom is -0.401 e. The van der Waals surface area contributed by atoms with Crippen LogP contribution in [0, 0.1) is 10.1 Å². The average Bonchev–Trinajstić information content (AvgIpc) is 3.10. The highest BCUT2D eigenvalue weighted by atomic mass is 35.5. The number of rotatable bonds is 5. The molecule has 7 nitrogen and oxygen atoms in total. The van der Waals surface area contributed by atoms with E-state index in [0.29, 0.717) is 13.1 Å². The number of nitrogens with zero attached hydrogens (tertiary/aromatic N) is 2. The Morgan fingerprint density at radius 2 is 2.08 bits per heavy atom. The third-order valence-electron chi connectivity index (χ3n) is 4.31. The van der Waals surface area contributed by atoms with Gasteiger partial charge in [0.1, 0.15) is 17.2 Å². The Balaban J connectivity index is 1.50. The van der Waals surface area contributed by atoms with E-state index in [-0.39, 0.29) is 17.6 Å². The van der Waals surface area contributed by atoms with Crippen molar-refractivity contribution in [1.29, 1.82) is 0 Å². The zero-order valence-corrected chi connectivity index (χ0v) is 14.8. The fourth-order valence-electron chi connectivity index (χ4n) is 2.94. The largest absolute Gasteiger partial charge is 0.433 e. The number of quaternary nitrogens is 1. The Morgan fingerprint density at radius 1 is 1.31 bits per heavy atom. The lowest BCUT2D eigenvalue weighted by molar-refractivity contribution is -0.917. The minimum absolute atomic E-state index is 0.120. The van der Waals surface area contributed by atoms with Crippen LogP contribution in [0.3, 0.4) is 0 Å². The summed E-state index contributed by atoms with van der Waals surface area (Å²) in [6, 6.07) is 10.6. The van der Waals surface area contributed by atoms with E-state index in [4.69, 9.17) is 16.0 Å². The van der Waals surface area contributed by atoms with Gasteiger partial charge in [0.15, 0.2) is 0 Å². The molecule has 8 heteroatoms. The molecule has 1 fully saturated rings. The maximum absolute atomic E-state index is 12.3. The van der Waals surface area contributed by atoms with Crippen molar-refractivity contribution >= 4 is 29.5 Å². The van der Waals surface area contributed by atoms with Gasteiger partial charge in [0, 0.05) is 16.7 Å². The van der Waals surface area contributed by atoms with Crippen molar-refractivity contribution in [1.82, 2.24) is 4.90 Å². The van der Waals surface area contributed by atoms with Crippen LogP contribution in [-0.4, -0.2) is 41.9 Å². The summed E-state index contributed by atoms with van der Waals surface area (Å²) in [5.41, 5.74) is 1.19. The second-order valence-corrected chi connectivity index (χ2v) is 6.58. The number of carbonyl (C=O) groups is 1. The molecule has 26 heavy (non-hydrogen) atoms. The quantitative estimate of drug-likeness (QED) is 0.490. The lowest BCUT2D eigenvalue weighted by atomic mass is 10.2. The highest BCUT2D eigenvalue weighted by Gasteiger charge is 2.22. The van der Waals surface area contributed by atoms with E-state index in [1.807, 2.05) is 18.2 Å². The lowest BCUT2D eigenvalue weighted by Crippen LogP contribution is -3.13. The van der Waals surface area contributed by atoms with Crippen LogP contribution >= 0.6 is 11.6 Å². The molecule has 2 aromatic rings. The molecule has 0 bridgehead atoms. The number of halogens is 1. The van der Waals surface area contributed by atoms with E-state index in [9.17, 15) is 14.9 Å². The molecule has 0 spiro atoms. The summed E-state index contributed by atoms with van der Waals surface area (Å²) in [6.07, 6.45) is 2.85. The molecule has 1 aliphatic heterocycles. The van der Waals surface area contributed by atoms with Gasteiger partial charge in [-0.3, -0.25) is 14.9 Å². The fraction of sp³-hybridized carbons (Fsp3) is 0.278. The van der Waals surface area contributed by atoms with E-state index in [2.05, 4.69) is 6.07 Å². The van der Waals surface area contributed by atoms with E-state index in [1.165, 1.54) is 34.7 Å². The number of carbonyl (C=O) groups excluding carboxylic acids is 1. The predicted octanol–water partition coefficient (Wildman–Crippen LogP) is 1.78. The van der Waals surface area contributed by atoms with Crippen LogP contribution in [0.1, 0.15) is 11.3 Å². The number of furan rings is 1. The fourth-order valence-corrected chi connectivity index (χ4v) is 3.16. The summed E-state index contributed by atoms with van der Waals surface area (Å²) in [5.74, 6) is -0.170. The molecule has 0 unspecified atom stereocenters. The van der Waals surface area contributed by atoms with Gasteiger partial charge in [-0.15, -0.1) is 0 Å². The highest BCUT2D eigenvalue weighted by Crippen LogP contribution is 2.16. The normalized spacial score (nSPS) is 15.5. The first-order valence-electron chi connectivity index (χ1n) is 8.30. The Morgan fingerprint density at radius 3 is 2.73 bits per heavy atom. The van der Waals surface area contributed by atoms with Crippen molar-refractivity contribution in [2.75, 3.05) is 26.2 Å². The molecule has 0 atom stereocenters. The van der Waals surface area contributed by atoms with Gasteiger partial charge in [0.2, 0.25) is 5.91 Å². The zero-order chi connectivity index (χ0) is 18.5. The number of hydrogen-bond donors (Lipinski definition) is 1. The predicted molar refractivity (Wildman–Crippen MR) is 96.8 cm³/mol. The minimum atomic E-state index is -0.610. The monoisotopic (exact) mass is 376 g/mol. The molecule has 0 radical (unpaired) electrons. The van der Waals surface area contributed by atoms with Gasteiger partial charge in [0.05, 0.1) is 32.2 Å². The molecule has 3 rings (SSSR count). The molecule has 1 aliphatic rings. The third kappa shape index (κ3) is 4.71. The van der Waals surface area contributed by atoms with Crippen molar-refractivity contribution in [2.24, 2.45) is 0 Å². The number of amides is 1. The summed E-state index contributed by atoms with van der Waals surface area (Å²) in [4.78, 5) is 25.4. The second-order valence-electron chi connectivity index (χ2n) is 6.15. The smallest absolute Gasteiger partial charge is 0.401 e. The van der Waals surface area contributed by atoms with Gasteiger partial charge >= 0.3 is 5.88 Å². The Bertz CT molecular complexity index is 825. The maximum Gasteiger partial charge on any atom is 0.433 e. The van der Waals surface area contributed by atoms with Crippen molar-refractivity contribution < 1.29 is 19.0 Å². The van der Waals surface area contributed by atoms with E-state index in [0.717, 1.165) is 24.7 Å². The molecule has 1 aromatic heterocycles. The van der Waals surface area contributed by atoms with Crippen LogP contribution in [0.25, 0.3) is 6.08 Å². The van der Waals surface area contributed by atoms with Crippen LogP contribution in [0.15, 0.2) is 46.9 Å². The number of benzene rings is 1. The van der Waals surface area contributed by atoms with E-state index < -0.39 is 4.92 Å². The highest BCUT2D eigenvalue weighted by molar-refractivity contribution is 6.30. The Labute approximate surface area is 155 Å². The standard InChI is InChI=1S/C18H18ClN3O4/c19-15-3-1-2-14(12-15)13-20-8-10-21(11-9-20)17(23)6-4-16-5-7-18(26-16)22(24)25/h1-7,12H,8-11,13H2/p+1/b6-4+. The average molecular weight is 377 g/mol. The summed E-state index contributed by atoms with van der Waals surface area (Å²) in [6.45, 7) is 3.93. The molecule has 0 aliphatic carbocycles. The second kappa shape index (κ2) is 8.16. The molecule has 1 saturated heterocycles. The Kier molecular flexibility index (Phi) is 5.70. The SMILES string of the molecule is O=C(/C=C/c1ccc([N+](=O)[O-])o1)N1CC[NH+](Cc2cccc(Cl)c2)CC1. The van der Waals surface area contributed by atoms with Gasteiger partial charge in [-0.1, -0.05) is 23.7 Å². The molecule has 1 aromatic carbocycles. The first kappa shape index (κ1) is 18.2. The van der Waals surface area contributed by atoms with Crippen molar-refractivity contribution in [3.8, 4) is 0 Å². The zero-order valence-electron chi connectivity index (χ0n) is 14.1. The molecule has 2 heterocycles. The number of hydrogen-bond acceptors (Lipinski definition) is 4. The maximum atomic E-state index is 12.3. The summed E-state index contributed by atoms with van der Waals surface area (Å²) in [5, 5.41) is 11.3. The van der Waals surface area contributed by atoms with E-state index in [1.54, 1.807) is 4.90 Å². The number of nitro groups is 1. The van der Waals surface area contributed by atoms with Crippen LogP contribution in [0.4, 0.5) is 5.88 Å². The van der Waals surface area contributed by atoms with Gasteiger partial charge in [0.25, 0.3) is 0 Å². The van der Waals surface area contributed by atoms with Gasteiger partial charge in [-0.2, -0.15) is 0 Å². The van der Waals surface area contributed by atoms with Crippen LogP contribution in [-0.2, 0) is 11.3 Å². The summed E-state index contributed by atoms with van der Waals surface area (Å²) in [7, 11) is 0. The molecular formula is C18H19ClN3O4+. The summed E-state index contributed by atoms with van der Waals surface area (Å²) >= 11 is 6.02. The van der Waals surface area contributed by atoms with Gasteiger partial charge < -0.3 is 14.2 Å². The first-order valence-corrected chi connectivity index (χ1v) is 8.68. The molecule has 1 N–H and O–H groups in total. The molecular weight excluding hydrogens is 358 g/mol. The van der Waals surface area contributed by atoms with Gasteiger partial charge in [-0.05, 0) is 24.3 Å². The molecule has 0 saturated carbocycles. The number of piperazine rings is 1. The molecule has 136 valence electrons. The van der Waals surface area contributed by atoms with Crippen molar-refractivity contribution in [2.45, 2.75) is 6.54 Å². The molecule has 1 amide bonds. The summed E-state index contributed by atoms with van der Waals surface area (Å²) < 4.78 is 5.00. The lowest BCUT2D eigenvalue weighted by Gasteiger charge is -2.31. The topological polar surface area (TPSA) is 81.0 Å². The van der Waals surface area contributed by atoms with Crippen LogP contribution in [0.5, 0.6) is 0 Å². The van der Waals surface area contributed by atoms with Crippen molar-refractivity contribution in [3.63, 3.8) is 0 Å². The third-order valence-corrected chi connectivity index (χ3v) is 4.54. The van der Waals surface area contributed by atoms with Gasteiger partial charge in [-0.25, -0.2) is 0 Å². The number of nitrogens with one attached hydrogen (secondary N) is 1. The van der Waals surface area contributed by atoms with Crippen LogP contribution < -0.4 is 4.90 Å². The first-order chi connectivity index (χ1) is 12.5.